The molecule has 1 aliphatic rings. The molecular formula is C13H15N3W. The van der Waals surface area contributed by atoms with Crippen molar-refractivity contribution in [2.75, 3.05) is 5.32 Å². The van der Waals surface area contributed by atoms with Crippen molar-refractivity contribution in [3.63, 3.8) is 0 Å². The van der Waals surface area contributed by atoms with Crippen molar-refractivity contribution in [3.05, 3.63) is 42.1 Å². The fourth-order valence-electron chi connectivity index (χ4n) is 1.85. The van der Waals surface area contributed by atoms with Gasteiger partial charge in [0.25, 0.3) is 0 Å². The molecule has 1 aromatic carbocycles. The molecular weight excluding hydrogens is 382 g/mol. The van der Waals surface area contributed by atoms with Crippen LogP contribution in [0.2, 0.25) is 0 Å². The minimum absolute atomic E-state index is 0.302. The van der Waals surface area contributed by atoms with E-state index < -0.39 is 0 Å². The summed E-state index contributed by atoms with van der Waals surface area (Å²) in [6, 6.07) is 8.69. The van der Waals surface area contributed by atoms with E-state index in [2.05, 4.69) is 28.5 Å². The van der Waals surface area contributed by atoms with Crippen molar-refractivity contribution < 1.29 is 19.4 Å². The van der Waals surface area contributed by atoms with Crippen molar-refractivity contribution in [2.24, 2.45) is 10.7 Å². The molecule has 88 valence electrons. The number of aliphatic imine (C=N–C) groups is 1. The molecule has 4 heteroatoms. The summed E-state index contributed by atoms with van der Waals surface area (Å²) < 4.78 is 1.18. The number of hydrogen-bond acceptors (Lipinski definition) is 2. The van der Waals surface area contributed by atoms with Crippen LogP contribution in [0.25, 0.3) is 0 Å². The number of allylic oxidation sites excluding steroid dienone is 1. The van der Waals surface area contributed by atoms with E-state index in [1.807, 2.05) is 19.1 Å². The van der Waals surface area contributed by atoms with Gasteiger partial charge < -0.3 is 0 Å². The molecule has 1 aromatic rings. The van der Waals surface area contributed by atoms with Crippen LogP contribution in [0.1, 0.15) is 12.5 Å². The third-order valence-corrected chi connectivity index (χ3v) is 4.48. The fraction of sp³-hybridized carbons (Fsp3) is 0.231. The number of anilines is 1. The van der Waals surface area contributed by atoms with Crippen LogP contribution in [0.3, 0.4) is 0 Å². The number of para-hydroxylation sites is 1. The maximum atomic E-state index is 5.96. The monoisotopic (exact) mass is 397 g/mol. The Morgan fingerprint density at radius 3 is 3.00 bits per heavy atom. The molecule has 3 N–H and O–H groups in total. The van der Waals surface area contributed by atoms with Gasteiger partial charge in [0.15, 0.2) is 0 Å². The number of rotatable bonds is 3. The van der Waals surface area contributed by atoms with Crippen LogP contribution >= 0.6 is 0 Å². The Hall–Kier alpha value is -1.21. The van der Waals surface area contributed by atoms with Gasteiger partial charge in [-0.2, -0.15) is 0 Å². The van der Waals surface area contributed by atoms with Gasteiger partial charge in [-0.25, -0.2) is 0 Å². The topological polar surface area (TPSA) is 50.4 Å². The number of benzene rings is 1. The van der Waals surface area contributed by atoms with Gasteiger partial charge in [-0.15, -0.1) is 0 Å². The number of hydrogen-bond donors (Lipinski definition) is 2. The van der Waals surface area contributed by atoms with Crippen molar-refractivity contribution in [1.29, 1.82) is 0 Å². The SMILES string of the molecule is CC=CN=C(N)[C](=[W])C1Cc2ccccc2N1. The molecule has 0 saturated heterocycles. The summed E-state index contributed by atoms with van der Waals surface area (Å²) in [5.74, 6) is 0.642. The predicted molar refractivity (Wildman–Crippen MR) is 69.0 cm³/mol. The fourth-order valence-corrected chi connectivity index (χ4v) is 2.55. The van der Waals surface area contributed by atoms with E-state index in [0.717, 1.165) is 6.42 Å². The van der Waals surface area contributed by atoms with E-state index in [-0.39, 0.29) is 0 Å². The molecule has 1 aliphatic heterocycles. The molecule has 2 rings (SSSR count). The standard InChI is InChI=1S/C13H15N3.W/c1-2-7-15-13(14)9-11-8-10-5-3-4-6-12(10)16-11;/h2-7,11,16H,8H2,1H3,(H2,14,15);. The zero-order valence-corrected chi connectivity index (χ0v) is 12.6. The van der Waals surface area contributed by atoms with Gasteiger partial charge in [-0.1, -0.05) is 0 Å². The number of amidine groups is 1. The summed E-state index contributed by atoms with van der Waals surface area (Å²) in [4.78, 5) is 4.21. The molecule has 0 aromatic heterocycles. The second-order valence-electron chi connectivity index (χ2n) is 3.92. The molecule has 17 heavy (non-hydrogen) atoms. The van der Waals surface area contributed by atoms with E-state index >= 15 is 0 Å². The van der Waals surface area contributed by atoms with Crippen molar-refractivity contribution in [3.8, 4) is 0 Å². The van der Waals surface area contributed by atoms with E-state index in [9.17, 15) is 0 Å². The second kappa shape index (κ2) is 5.41. The van der Waals surface area contributed by atoms with Gasteiger partial charge in [-0.3, -0.25) is 0 Å². The van der Waals surface area contributed by atoms with Crippen LogP contribution < -0.4 is 11.1 Å². The third-order valence-electron chi connectivity index (χ3n) is 2.70. The van der Waals surface area contributed by atoms with Gasteiger partial charge in [0.1, 0.15) is 0 Å². The molecule has 0 bridgehead atoms. The number of nitrogens with zero attached hydrogens (tertiary/aromatic N) is 1. The molecule has 3 nitrogen and oxygen atoms in total. The van der Waals surface area contributed by atoms with Crippen LogP contribution in [-0.4, -0.2) is 15.8 Å². The van der Waals surface area contributed by atoms with Crippen molar-refractivity contribution >= 4 is 15.4 Å². The number of nitrogens with two attached hydrogens (primary N) is 1. The molecule has 0 aliphatic carbocycles. The zero-order chi connectivity index (χ0) is 12.3. The number of fused-ring (bicyclic) bond motifs is 1. The van der Waals surface area contributed by atoms with E-state index in [1.54, 1.807) is 6.20 Å². The van der Waals surface area contributed by atoms with Crippen LogP contribution in [0.5, 0.6) is 0 Å². The summed E-state index contributed by atoms with van der Waals surface area (Å²) in [5.41, 5.74) is 8.53. The van der Waals surface area contributed by atoms with Crippen molar-refractivity contribution in [2.45, 2.75) is 19.4 Å². The molecule has 0 fully saturated rings. The Morgan fingerprint density at radius 2 is 2.29 bits per heavy atom. The Bertz CT molecular complexity index is 466. The first-order valence-electron chi connectivity index (χ1n) is 5.55. The Balaban J connectivity index is 2.11. The average Bonchev–Trinajstić information content (AvgIpc) is 2.78. The summed E-state index contributed by atoms with van der Waals surface area (Å²) in [6.07, 6.45) is 4.62. The van der Waals surface area contributed by atoms with Gasteiger partial charge in [0.05, 0.1) is 0 Å². The zero-order valence-electron chi connectivity index (χ0n) is 9.68. The minimum atomic E-state index is 0.302. The summed E-state index contributed by atoms with van der Waals surface area (Å²) >= 11 is 1.37. The van der Waals surface area contributed by atoms with E-state index in [4.69, 9.17) is 5.73 Å². The summed E-state index contributed by atoms with van der Waals surface area (Å²) in [6.45, 7) is 1.93. The Kier molecular flexibility index (Phi) is 3.90. The van der Waals surface area contributed by atoms with Gasteiger partial charge >= 0.3 is 112 Å². The first kappa shape index (κ1) is 12.3. The Morgan fingerprint density at radius 1 is 1.53 bits per heavy atom. The van der Waals surface area contributed by atoms with Crippen LogP contribution in [0, 0.1) is 0 Å². The summed E-state index contributed by atoms with van der Waals surface area (Å²) in [5, 5.41) is 3.49. The van der Waals surface area contributed by atoms with Gasteiger partial charge in [-0.05, 0) is 0 Å². The summed E-state index contributed by atoms with van der Waals surface area (Å²) in [7, 11) is 0. The van der Waals surface area contributed by atoms with Crippen LogP contribution in [0.4, 0.5) is 5.69 Å². The van der Waals surface area contributed by atoms with E-state index in [1.165, 1.54) is 34.5 Å². The molecule has 1 unspecified atom stereocenters. The van der Waals surface area contributed by atoms with Gasteiger partial charge in [0, 0.05) is 0 Å². The van der Waals surface area contributed by atoms with Crippen LogP contribution in [0.15, 0.2) is 41.5 Å². The molecule has 0 saturated carbocycles. The quantitative estimate of drug-likeness (QED) is 0.602. The van der Waals surface area contributed by atoms with Gasteiger partial charge in [0.2, 0.25) is 0 Å². The third kappa shape index (κ3) is 2.73. The van der Waals surface area contributed by atoms with Crippen LogP contribution in [-0.2, 0) is 25.8 Å². The second-order valence-corrected chi connectivity index (χ2v) is 5.50. The molecule has 0 amide bonds. The average molecular weight is 397 g/mol. The normalized spacial score (nSPS) is 19.1. The Labute approximate surface area is 112 Å². The predicted octanol–water partition coefficient (Wildman–Crippen LogP) is 1.63. The molecule has 0 radical (unpaired) electrons. The molecule has 1 atom stereocenters. The van der Waals surface area contributed by atoms with E-state index in [0.29, 0.717) is 11.9 Å². The first-order chi connectivity index (χ1) is 8.22. The van der Waals surface area contributed by atoms with Crippen molar-refractivity contribution in [1.82, 2.24) is 0 Å². The molecule has 0 spiro atoms. The molecule has 1 heterocycles. The maximum absolute atomic E-state index is 5.96. The number of nitrogens with one attached hydrogen (secondary N) is 1. The first-order valence-corrected chi connectivity index (χ1v) is 7.02.